The molecule has 27 heavy (non-hydrogen) atoms. The summed E-state index contributed by atoms with van der Waals surface area (Å²) < 4.78 is 44.1. The topological polar surface area (TPSA) is 28.4 Å². The molecule has 0 aliphatic carbocycles. The maximum atomic E-state index is 14.6. The van der Waals surface area contributed by atoms with E-state index < -0.39 is 23.5 Å². The highest BCUT2D eigenvalue weighted by Crippen LogP contribution is 2.36. The number of aromatic hydroxyl groups is 1. The van der Waals surface area contributed by atoms with Crippen molar-refractivity contribution in [3.8, 4) is 5.75 Å². The van der Waals surface area contributed by atoms with Gasteiger partial charge in [0.25, 0.3) is 0 Å². The van der Waals surface area contributed by atoms with E-state index in [0.717, 1.165) is 24.7 Å². The Kier molecular flexibility index (Phi) is 4.66. The fraction of sp³-hybridized carbons (Fsp3) is 0.238. The lowest BCUT2D eigenvalue weighted by molar-refractivity contribution is 0.213. The van der Waals surface area contributed by atoms with Crippen LogP contribution >= 0.6 is 0 Å². The third-order valence-corrected chi connectivity index (χ3v) is 5.05. The zero-order valence-corrected chi connectivity index (χ0v) is 14.6. The minimum absolute atomic E-state index is 0.0890. The van der Waals surface area contributed by atoms with E-state index in [9.17, 15) is 18.3 Å². The van der Waals surface area contributed by atoms with Gasteiger partial charge in [0.2, 0.25) is 0 Å². The summed E-state index contributed by atoms with van der Waals surface area (Å²) in [5, 5.41) is 10.1. The summed E-state index contributed by atoms with van der Waals surface area (Å²) in [7, 11) is 0. The molecule has 0 radical (unpaired) electrons. The Labute approximate surface area is 155 Å². The molecule has 1 N–H and O–H groups in total. The normalized spacial score (nSPS) is 17.5. The van der Waals surface area contributed by atoms with E-state index in [4.69, 9.17) is 0 Å². The molecule has 6 heteroatoms. The lowest BCUT2D eigenvalue weighted by Gasteiger charge is -2.31. The first-order valence-electron chi connectivity index (χ1n) is 8.85. The molecule has 4 rings (SSSR count). The number of phenolic OH excluding ortho intramolecular Hbond substituents is 1. The van der Waals surface area contributed by atoms with Crippen LogP contribution in [-0.4, -0.2) is 21.1 Å². The molecule has 1 atom stereocenters. The summed E-state index contributed by atoms with van der Waals surface area (Å²) in [6.07, 6.45) is 2.72. The quantitative estimate of drug-likeness (QED) is 0.681. The smallest absolute Gasteiger partial charge is 0.161 e. The van der Waals surface area contributed by atoms with Crippen LogP contribution in [0.25, 0.3) is 0 Å². The van der Waals surface area contributed by atoms with Gasteiger partial charge in [0.15, 0.2) is 11.6 Å². The molecule has 1 unspecified atom stereocenters. The minimum Gasteiger partial charge on any atom is -0.508 e. The van der Waals surface area contributed by atoms with E-state index in [1.54, 1.807) is 18.2 Å². The van der Waals surface area contributed by atoms with Crippen LogP contribution in [0.5, 0.6) is 5.75 Å². The third kappa shape index (κ3) is 3.32. The number of phenols is 1. The summed E-state index contributed by atoms with van der Waals surface area (Å²) in [6.45, 7) is 1.74. The molecular formula is C21H19F3N2O. The number of aromatic nitrogens is 1. The monoisotopic (exact) mass is 372 g/mol. The Balaban J connectivity index is 1.82. The van der Waals surface area contributed by atoms with Gasteiger partial charge in [-0.3, -0.25) is 4.90 Å². The van der Waals surface area contributed by atoms with Crippen molar-refractivity contribution in [2.24, 2.45) is 0 Å². The Morgan fingerprint density at radius 3 is 2.52 bits per heavy atom. The maximum Gasteiger partial charge on any atom is 0.161 e. The van der Waals surface area contributed by atoms with Crippen molar-refractivity contribution in [3.05, 3.63) is 89.0 Å². The number of halogens is 3. The van der Waals surface area contributed by atoms with Crippen LogP contribution in [0.3, 0.4) is 0 Å². The van der Waals surface area contributed by atoms with Gasteiger partial charge in [-0.2, -0.15) is 0 Å². The van der Waals surface area contributed by atoms with Crippen molar-refractivity contribution in [3.63, 3.8) is 0 Å². The first-order valence-corrected chi connectivity index (χ1v) is 8.85. The van der Waals surface area contributed by atoms with Crippen LogP contribution in [0.1, 0.15) is 29.3 Å². The second kappa shape index (κ2) is 7.12. The highest BCUT2D eigenvalue weighted by Gasteiger charge is 2.31. The first-order chi connectivity index (χ1) is 13.0. The molecule has 2 aromatic carbocycles. The van der Waals surface area contributed by atoms with Crippen molar-refractivity contribution < 1.29 is 18.3 Å². The Bertz CT molecular complexity index is 970. The van der Waals surface area contributed by atoms with Crippen LogP contribution in [-0.2, 0) is 13.1 Å². The summed E-state index contributed by atoms with van der Waals surface area (Å²) in [5.41, 5.74) is 1.60. The van der Waals surface area contributed by atoms with Crippen molar-refractivity contribution in [1.82, 2.24) is 9.47 Å². The van der Waals surface area contributed by atoms with Crippen molar-refractivity contribution in [2.75, 3.05) is 6.54 Å². The number of rotatable bonds is 3. The predicted molar refractivity (Wildman–Crippen MR) is 95.7 cm³/mol. The number of para-hydroxylation sites is 1. The van der Waals surface area contributed by atoms with Gasteiger partial charge in [-0.05, 0) is 30.7 Å². The number of benzene rings is 2. The number of fused-ring (bicyclic) bond motifs is 1. The molecule has 1 aliphatic rings. The molecule has 0 spiro atoms. The Hall–Kier alpha value is -2.73. The summed E-state index contributed by atoms with van der Waals surface area (Å²) in [4.78, 5) is 1.99. The number of hydrogen-bond donors (Lipinski definition) is 1. The number of aryl methyl sites for hydroxylation is 1. The molecule has 1 aliphatic heterocycles. The molecule has 0 saturated heterocycles. The third-order valence-electron chi connectivity index (χ3n) is 5.05. The molecule has 0 bridgehead atoms. The van der Waals surface area contributed by atoms with Crippen LogP contribution < -0.4 is 0 Å². The van der Waals surface area contributed by atoms with Gasteiger partial charge < -0.3 is 9.67 Å². The van der Waals surface area contributed by atoms with Gasteiger partial charge in [0.1, 0.15) is 11.6 Å². The molecule has 0 amide bonds. The number of nitrogens with zero attached hydrogens (tertiary/aromatic N) is 2. The van der Waals surface area contributed by atoms with Crippen LogP contribution in [0.2, 0.25) is 0 Å². The lowest BCUT2D eigenvalue weighted by Crippen LogP contribution is -2.30. The minimum atomic E-state index is -1.20. The highest BCUT2D eigenvalue weighted by atomic mass is 19.2. The van der Waals surface area contributed by atoms with Crippen molar-refractivity contribution in [1.29, 1.82) is 0 Å². The molecule has 2 heterocycles. The van der Waals surface area contributed by atoms with Gasteiger partial charge in [-0.25, -0.2) is 13.2 Å². The SMILES string of the molecule is Oc1ccccc1CN1CCCn2cccc2C1c1cc(F)c(F)cc1F. The van der Waals surface area contributed by atoms with Gasteiger partial charge >= 0.3 is 0 Å². The van der Waals surface area contributed by atoms with Crippen molar-refractivity contribution >= 4 is 0 Å². The standard InChI is InChI=1S/C21H19F3N2O/c22-16-12-18(24)17(23)11-15(16)21-19-6-3-8-25(19)9-4-10-26(21)13-14-5-1-2-7-20(14)27/h1-3,5-8,11-12,21,27H,4,9-10,13H2. The summed E-state index contributed by atoms with van der Waals surface area (Å²) in [5.74, 6) is -2.90. The maximum absolute atomic E-state index is 14.6. The van der Waals surface area contributed by atoms with Crippen LogP contribution in [0, 0.1) is 17.5 Å². The van der Waals surface area contributed by atoms with Crippen molar-refractivity contribution in [2.45, 2.75) is 25.6 Å². The van der Waals surface area contributed by atoms with E-state index in [-0.39, 0.29) is 11.3 Å². The Morgan fingerprint density at radius 1 is 0.926 bits per heavy atom. The second-order valence-corrected chi connectivity index (χ2v) is 6.77. The Morgan fingerprint density at radius 2 is 1.70 bits per heavy atom. The molecule has 1 aromatic heterocycles. The molecule has 0 saturated carbocycles. The average Bonchev–Trinajstić information content (AvgIpc) is 3.03. The van der Waals surface area contributed by atoms with E-state index in [1.165, 1.54) is 0 Å². The lowest BCUT2D eigenvalue weighted by atomic mass is 10.00. The fourth-order valence-electron chi connectivity index (χ4n) is 3.78. The molecule has 140 valence electrons. The fourth-order valence-corrected chi connectivity index (χ4v) is 3.78. The zero-order valence-electron chi connectivity index (χ0n) is 14.6. The molecule has 0 fully saturated rings. The molecule has 3 aromatic rings. The zero-order chi connectivity index (χ0) is 19.0. The molecule has 3 nitrogen and oxygen atoms in total. The van der Waals surface area contributed by atoms with Crippen LogP contribution in [0.4, 0.5) is 13.2 Å². The van der Waals surface area contributed by atoms with Crippen LogP contribution in [0.15, 0.2) is 54.7 Å². The van der Waals surface area contributed by atoms with Gasteiger partial charge in [-0.15, -0.1) is 0 Å². The van der Waals surface area contributed by atoms with Gasteiger partial charge in [0, 0.05) is 48.7 Å². The van der Waals surface area contributed by atoms with Gasteiger partial charge in [-0.1, -0.05) is 18.2 Å². The first kappa shape index (κ1) is 17.7. The van der Waals surface area contributed by atoms with E-state index in [2.05, 4.69) is 0 Å². The van der Waals surface area contributed by atoms with E-state index in [0.29, 0.717) is 24.7 Å². The predicted octanol–water partition coefficient (Wildman–Crippen LogP) is 4.61. The summed E-state index contributed by atoms with van der Waals surface area (Å²) >= 11 is 0. The van der Waals surface area contributed by atoms with E-state index in [1.807, 2.05) is 33.9 Å². The number of hydrogen-bond acceptors (Lipinski definition) is 2. The average molecular weight is 372 g/mol. The highest BCUT2D eigenvalue weighted by molar-refractivity contribution is 5.35. The van der Waals surface area contributed by atoms with E-state index >= 15 is 0 Å². The largest absolute Gasteiger partial charge is 0.508 e. The second-order valence-electron chi connectivity index (χ2n) is 6.77. The molecular weight excluding hydrogens is 353 g/mol. The van der Waals surface area contributed by atoms with Gasteiger partial charge in [0.05, 0.1) is 6.04 Å². The summed E-state index contributed by atoms with van der Waals surface area (Å²) in [6, 6.07) is 11.6.